The highest BCUT2D eigenvalue weighted by molar-refractivity contribution is 7.99. The number of methoxy groups -OCH3 is 1. The minimum atomic E-state index is 0.353. The maximum absolute atomic E-state index is 5.83. The molecule has 12 heteroatoms. The van der Waals surface area contributed by atoms with Gasteiger partial charge in [0.2, 0.25) is 0 Å². The molecule has 47 heavy (non-hydrogen) atoms. The average molecular weight is 681 g/mol. The summed E-state index contributed by atoms with van der Waals surface area (Å²) < 4.78 is 49.1. The Hall–Kier alpha value is -1.81. The second-order valence-corrected chi connectivity index (χ2v) is 12.0. The van der Waals surface area contributed by atoms with Gasteiger partial charge in [0.1, 0.15) is 0 Å². The molecule has 0 radical (unpaired) electrons. The first-order valence-corrected chi connectivity index (χ1v) is 17.5. The van der Waals surface area contributed by atoms with Crippen molar-refractivity contribution in [2.75, 3.05) is 144 Å². The first-order chi connectivity index (χ1) is 23.2. The molecule has 1 aliphatic heterocycles. The Morgan fingerprint density at radius 1 is 0.532 bits per heavy atom. The van der Waals surface area contributed by atoms with Gasteiger partial charge in [-0.3, -0.25) is 4.90 Å². The second kappa shape index (κ2) is 26.1. The molecule has 1 atom stereocenters. The fourth-order valence-electron chi connectivity index (χ4n) is 4.59. The van der Waals surface area contributed by atoms with Crippen LogP contribution in [0, 0.1) is 0 Å². The van der Waals surface area contributed by atoms with E-state index in [9.17, 15) is 0 Å². The highest BCUT2D eigenvalue weighted by Crippen LogP contribution is 2.47. The van der Waals surface area contributed by atoms with E-state index in [1.54, 1.807) is 7.11 Å². The number of hydrogen-bond acceptors (Lipinski definition) is 12. The number of likely N-dealkylation sites (N-methyl/N-ethyl adjacent to an activating group) is 1. The molecule has 1 heterocycles. The first kappa shape index (κ1) is 39.6. The lowest BCUT2D eigenvalue weighted by Crippen LogP contribution is -2.40. The minimum Gasteiger partial charge on any atom is -0.382 e. The van der Waals surface area contributed by atoms with Crippen molar-refractivity contribution in [3.8, 4) is 0 Å². The highest BCUT2D eigenvalue weighted by atomic mass is 32.2. The average Bonchev–Trinajstić information content (AvgIpc) is 3.09. The maximum Gasteiger partial charge on any atom is 0.0701 e. The van der Waals surface area contributed by atoms with Gasteiger partial charge in [0.15, 0.2) is 0 Å². The summed E-state index contributed by atoms with van der Waals surface area (Å²) in [7, 11) is 3.81. The van der Waals surface area contributed by atoms with Gasteiger partial charge in [-0.05, 0) is 38.2 Å². The molecule has 0 aromatic heterocycles. The van der Waals surface area contributed by atoms with E-state index in [2.05, 4.69) is 72.3 Å². The molecule has 3 rings (SSSR count). The summed E-state index contributed by atoms with van der Waals surface area (Å²) in [6, 6.07) is 17.7. The Morgan fingerprint density at radius 2 is 0.872 bits per heavy atom. The zero-order chi connectivity index (χ0) is 33.2. The Balaban J connectivity index is 1.06. The normalized spacial score (nSPS) is 13.2. The number of ether oxygens (including phenoxy) is 9. The molecule has 2 aromatic rings. The van der Waals surface area contributed by atoms with Crippen LogP contribution in [-0.2, 0) is 42.6 Å². The Morgan fingerprint density at radius 3 is 1.26 bits per heavy atom. The Kier molecular flexibility index (Phi) is 22.0. The fraction of sp³-hybridized carbons (Fsp3) is 0.657. The predicted octanol–water partition coefficient (Wildman–Crippen LogP) is 4.39. The standard InChI is InChI=1S/C35H56N2O9S/c1-31(30-37-32-8-4-6-10-34(32)47-35-11-7-5-9-33(35)37)36(2)12-13-39-16-17-41-20-21-43-24-25-45-28-29-46-27-26-44-23-22-42-19-18-40-15-14-38-3/h4-11,31H,12-30H2,1-3H3. The Labute approximate surface area is 286 Å². The van der Waals surface area contributed by atoms with Crippen molar-refractivity contribution in [2.45, 2.75) is 22.8 Å². The number of fused-ring (bicyclic) bond motifs is 2. The number of para-hydroxylation sites is 2. The van der Waals surface area contributed by atoms with Crippen LogP contribution in [0.2, 0.25) is 0 Å². The first-order valence-electron chi connectivity index (χ1n) is 16.6. The van der Waals surface area contributed by atoms with Gasteiger partial charge in [0.05, 0.1) is 124 Å². The van der Waals surface area contributed by atoms with Gasteiger partial charge in [0, 0.05) is 36.0 Å². The van der Waals surface area contributed by atoms with Crippen molar-refractivity contribution in [3.05, 3.63) is 48.5 Å². The van der Waals surface area contributed by atoms with Crippen molar-refractivity contribution in [1.29, 1.82) is 0 Å². The Bertz CT molecular complexity index is 1010. The lowest BCUT2D eigenvalue weighted by atomic mass is 10.2. The van der Waals surface area contributed by atoms with Gasteiger partial charge in [0.25, 0.3) is 0 Å². The van der Waals surface area contributed by atoms with Crippen molar-refractivity contribution < 1.29 is 42.6 Å². The third kappa shape index (κ3) is 16.9. The van der Waals surface area contributed by atoms with Crippen LogP contribution in [0.3, 0.4) is 0 Å². The summed E-state index contributed by atoms with van der Waals surface area (Å²) in [6.45, 7) is 13.4. The van der Waals surface area contributed by atoms with E-state index in [1.165, 1.54) is 21.2 Å². The predicted molar refractivity (Wildman–Crippen MR) is 185 cm³/mol. The quantitative estimate of drug-likeness (QED) is 0.110. The van der Waals surface area contributed by atoms with E-state index >= 15 is 0 Å². The summed E-state index contributed by atoms with van der Waals surface area (Å²) in [5.74, 6) is 0. The largest absolute Gasteiger partial charge is 0.382 e. The molecule has 0 N–H and O–H groups in total. The summed E-state index contributed by atoms with van der Waals surface area (Å²) in [6.07, 6.45) is 0. The molecule has 0 amide bonds. The lowest BCUT2D eigenvalue weighted by molar-refractivity contribution is -0.0246. The molecule has 0 fully saturated rings. The van der Waals surface area contributed by atoms with Crippen LogP contribution < -0.4 is 4.90 Å². The van der Waals surface area contributed by atoms with Gasteiger partial charge in [-0.15, -0.1) is 0 Å². The minimum absolute atomic E-state index is 0.353. The zero-order valence-corrected chi connectivity index (χ0v) is 29.4. The van der Waals surface area contributed by atoms with E-state index in [1.807, 2.05) is 11.8 Å². The van der Waals surface area contributed by atoms with Crippen LogP contribution in [-0.4, -0.2) is 151 Å². The topological polar surface area (TPSA) is 89.6 Å². The highest BCUT2D eigenvalue weighted by Gasteiger charge is 2.25. The summed E-state index contributed by atoms with van der Waals surface area (Å²) in [5.41, 5.74) is 2.55. The molecule has 0 saturated heterocycles. The molecule has 0 aliphatic carbocycles. The summed E-state index contributed by atoms with van der Waals surface area (Å²) in [5, 5.41) is 0. The molecule has 0 saturated carbocycles. The second-order valence-electron chi connectivity index (χ2n) is 10.9. The number of anilines is 2. The number of hydrogen-bond donors (Lipinski definition) is 0. The number of rotatable bonds is 30. The van der Waals surface area contributed by atoms with E-state index in [0.29, 0.717) is 118 Å². The van der Waals surface area contributed by atoms with E-state index in [4.69, 9.17) is 42.6 Å². The molecule has 2 aromatic carbocycles. The number of benzene rings is 2. The smallest absolute Gasteiger partial charge is 0.0701 e. The molecule has 1 unspecified atom stereocenters. The van der Waals surface area contributed by atoms with Crippen molar-refractivity contribution in [3.63, 3.8) is 0 Å². The van der Waals surface area contributed by atoms with E-state index in [-0.39, 0.29) is 0 Å². The third-order valence-electron chi connectivity index (χ3n) is 7.36. The van der Waals surface area contributed by atoms with Crippen LogP contribution in [0.4, 0.5) is 11.4 Å². The van der Waals surface area contributed by atoms with Crippen LogP contribution in [0.25, 0.3) is 0 Å². The van der Waals surface area contributed by atoms with Gasteiger partial charge < -0.3 is 47.5 Å². The summed E-state index contributed by atoms with van der Waals surface area (Å²) in [4.78, 5) is 7.41. The van der Waals surface area contributed by atoms with E-state index < -0.39 is 0 Å². The fourth-order valence-corrected chi connectivity index (χ4v) is 5.69. The third-order valence-corrected chi connectivity index (χ3v) is 8.49. The monoisotopic (exact) mass is 680 g/mol. The van der Waals surface area contributed by atoms with Gasteiger partial charge in [-0.2, -0.15) is 0 Å². The SMILES string of the molecule is COCCOCCOCCOCCOCCOCCOCCOCCOCCN(C)C(C)CN1c2ccccc2Sc2ccccc21. The van der Waals surface area contributed by atoms with Gasteiger partial charge in [-0.1, -0.05) is 36.0 Å². The molecule has 0 spiro atoms. The summed E-state index contributed by atoms with van der Waals surface area (Å²) >= 11 is 1.84. The molecular weight excluding hydrogens is 624 g/mol. The van der Waals surface area contributed by atoms with Crippen LogP contribution >= 0.6 is 11.8 Å². The van der Waals surface area contributed by atoms with Crippen molar-refractivity contribution >= 4 is 23.1 Å². The molecule has 1 aliphatic rings. The zero-order valence-electron chi connectivity index (χ0n) is 28.6. The van der Waals surface area contributed by atoms with Gasteiger partial charge in [-0.25, -0.2) is 0 Å². The maximum atomic E-state index is 5.83. The number of nitrogens with zero attached hydrogens (tertiary/aromatic N) is 2. The lowest BCUT2D eigenvalue weighted by Gasteiger charge is -2.36. The van der Waals surface area contributed by atoms with Crippen molar-refractivity contribution in [1.82, 2.24) is 4.90 Å². The van der Waals surface area contributed by atoms with Crippen LogP contribution in [0.1, 0.15) is 6.92 Å². The van der Waals surface area contributed by atoms with Crippen LogP contribution in [0.15, 0.2) is 58.3 Å². The molecule has 0 bridgehead atoms. The molecule has 266 valence electrons. The van der Waals surface area contributed by atoms with Crippen LogP contribution in [0.5, 0.6) is 0 Å². The molecular formula is C35H56N2O9S. The van der Waals surface area contributed by atoms with E-state index in [0.717, 1.165) is 13.1 Å². The molecule has 11 nitrogen and oxygen atoms in total. The van der Waals surface area contributed by atoms with Crippen molar-refractivity contribution in [2.24, 2.45) is 0 Å². The van der Waals surface area contributed by atoms with Gasteiger partial charge >= 0.3 is 0 Å².